The molecule has 0 aliphatic rings. The van der Waals surface area contributed by atoms with Crippen molar-refractivity contribution in [2.45, 2.75) is 9.10 Å². The van der Waals surface area contributed by atoms with Crippen molar-refractivity contribution < 1.29 is 9.90 Å². The average molecular weight is 329 g/mol. The van der Waals surface area contributed by atoms with Crippen LogP contribution in [0.3, 0.4) is 0 Å². The minimum Gasteiger partial charge on any atom is -0.507 e. The lowest BCUT2D eigenvalue weighted by molar-refractivity contribution is 0.103. The van der Waals surface area contributed by atoms with E-state index in [0.29, 0.717) is 5.56 Å². The molecule has 0 bridgehead atoms. The standard InChI is InChI=1S/C15H11N3O2S2/c19-12(8-13(20)14-16-9-17-18-14)11-6-7-21-15(11)22-10-4-2-1-3-5-10/h1-9,19H,(H,16,17,18). The van der Waals surface area contributed by atoms with Crippen molar-refractivity contribution in [3.05, 3.63) is 65.6 Å². The highest BCUT2D eigenvalue weighted by atomic mass is 32.2. The maximum Gasteiger partial charge on any atom is 0.226 e. The lowest BCUT2D eigenvalue weighted by Gasteiger charge is -2.03. The van der Waals surface area contributed by atoms with E-state index in [1.165, 1.54) is 17.7 Å². The van der Waals surface area contributed by atoms with Gasteiger partial charge >= 0.3 is 0 Å². The molecule has 2 N–H and O–H groups in total. The number of carbonyl (C=O) groups excluding carboxylic acids is 1. The Hall–Kier alpha value is -2.38. The lowest BCUT2D eigenvalue weighted by Crippen LogP contribution is -1.99. The SMILES string of the molecule is O=C(C=C(O)c1ccsc1Sc1ccccc1)c1ncn[nH]1. The highest BCUT2D eigenvalue weighted by Gasteiger charge is 2.13. The first kappa shape index (κ1) is 14.6. The molecule has 2 aromatic heterocycles. The van der Waals surface area contributed by atoms with Crippen molar-refractivity contribution in [2.75, 3.05) is 0 Å². The van der Waals surface area contributed by atoms with Crippen LogP contribution in [-0.2, 0) is 0 Å². The number of nitrogens with one attached hydrogen (secondary N) is 1. The highest BCUT2D eigenvalue weighted by molar-refractivity contribution is 8.01. The average Bonchev–Trinajstić information content (AvgIpc) is 3.19. The third kappa shape index (κ3) is 3.26. The Bertz CT molecular complexity index is 795. The number of hydrogen-bond donors (Lipinski definition) is 2. The molecule has 110 valence electrons. The number of rotatable bonds is 5. The molecule has 0 fully saturated rings. The molecule has 3 rings (SSSR count). The number of benzene rings is 1. The monoisotopic (exact) mass is 329 g/mol. The Morgan fingerprint density at radius 1 is 1.27 bits per heavy atom. The van der Waals surface area contributed by atoms with E-state index in [2.05, 4.69) is 15.2 Å². The predicted molar refractivity (Wildman–Crippen MR) is 86.2 cm³/mol. The maximum atomic E-state index is 11.9. The Balaban J connectivity index is 1.83. The molecular formula is C15H11N3O2S2. The van der Waals surface area contributed by atoms with Crippen molar-refractivity contribution in [1.29, 1.82) is 0 Å². The largest absolute Gasteiger partial charge is 0.507 e. The number of aliphatic hydroxyl groups is 1. The molecule has 0 aliphatic carbocycles. The maximum absolute atomic E-state index is 11.9. The molecule has 5 nitrogen and oxygen atoms in total. The number of ketones is 1. The minimum atomic E-state index is -0.420. The summed E-state index contributed by atoms with van der Waals surface area (Å²) in [7, 11) is 0. The molecule has 0 amide bonds. The van der Waals surface area contributed by atoms with Gasteiger partial charge in [0.15, 0.2) is 5.82 Å². The van der Waals surface area contributed by atoms with Crippen LogP contribution in [0.4, 0.5) is 0 Å². The van der Waals surface area contributed by atoms with E-state index in [4.69, 9.17) is 0 Å². The summed E-state index contributed by atoms with van der Waals surface area (Å²) in [5.41, 5.74) is 0.631. The van der Waals surface area contributed by atoms with Crippen LogP contribution in [0.5, 0.6) is 0 Å². The number of nitrogens with zero attached hydrogens (tertiary/aromatic N) is 2. The van der Waals surface area contributed by atoms with Crippen LogP contribution in [0.15, 0.2) is 63.3 Å². The lowest BCUT2D eigenvalue weighted by atomic mass is 10.2. The van der Waals surface area contributed by atoms with Crippen LogP contribution < -0.4 is 0 Å². The fourth-order valence-corrected chi connectivity index (χ4v) is 3.82. The summed E-state index contributed by atoms with van der Waals surface area (Å²) in [4.78, 5) is 16.7. The Morgan fingerprint density at radius 2 is 2.09 bits per heavy atom. The summed E-state index contributed by atoms with van der Waals surface area (Å²) in [5.74, 6) is -0.406. The molecule has 2 heterocycles. The third-order valence-corrected chi connectivity index (χ3v) is 4.93. The van der Waals surface area contributed by atoms with Gasteiger partial charge in [-0.25, -0.2) is 4.98 Å². The Morgan fingerprint density at radius 3 is 2.82 bits per heavy atom. The van der Waals surface area contributed by atoms with Gasteiger partial charge in [-0.15, -0.1) is 11.3 Å². The Kier molecular flexibility index (Phi) is 4.36. The van der Waals surface area contributed by atoms with Crippen molar-refractivity contribution in [2.24, 2.45) is 0 Å². The number of allylic oxidation sites excluding steroid dienone is 1. The first-order chi connectivity index (χ1) is 10.7. The zero-order chi connectivity index (χ0) is 15.4. The van der Waals surface area contributed by atoms with Crippen LogP contribution in [0, 0.1) is 0 Å². The number of carbonyl (C=O) groups is 1. The molecule has 0 saturated heterocycles. The topological polar surface area (TPSA) is 78.9 Å². The number of thiophene rings is 1. The third-order valence-electron chi connectivity index (χ3n) is 2.78. The van der Waals surface area contributed by atoms with Crippen molar-refractivity contribution in [3.63, 3.8) is 0 Å². The number of aromatic nitrogens is 3. The molecule has 7 heteroatoms. The van der Waals surface area contributed by atoms with Gasteiger partial charge in [-0.3, -0.25) is 9.89 Å². The molecule has 0 saturated carbocycles. The van der Waals surface area contributed by atoms with Crippen molar-refractivity contribution in [3.8, 4) is 0 Å². The van der Waals surface area contributed by atoms with Crippen molar-refractivity contribution in [1.82, 2.24) is 15.2 Å². The van der Waals surface area contributed by atoms with Gasteiger partial charge in [0, 0.05) is 16.5 Å². The van der Waals surface area contributed by atoms with E-state index >= 15 is 0 Å². The fraction of sp³-hybridized carbons (Fsp3) is 0. The smallest absolute Gasteiger partial charge is 0.226 e. The molecule has 1 aromatic carbocycles. The predicted octanol–water partition coefficient (Wildman–Crippen LogP) is 3.80. The molecule has 3 aromatic rings. The van der Waals surface area contributed by atoms with E-state index < -0.39 is 5.78 Å². The van der Waals surface area contributed by atoms with E-state index in [9.17, 15) is 9.90 Å². The first-order valence-electron chi connectivity index (χ1n) is 6.35. The van der Waals surface area contributed by atoms with Gasteiger partial charge in [-0.05, 0) is 23.6 Å². The van der Waals surface area contributed by atoms with E-state index in [1.807, 2.05) is 35.7 Å². The van der Waals surface area contributed by atoms with Gasteiger partial charge < -0.3 is 5.11 Å². The molecule has 22 heavy (non-hydrogen) atoms. The Labute approximate surface area is 134 Å². The van der Waals surface area contributed by atoms with Gasteiger partial charge in [-0.1, -0.05) is 30.0 Å². The minimum absolute atomic E-state index is 0.0823. The molecule has 0 aliphatic heterocycles. The van der Waals surface area contributed by atoms with Crippen LogP contribution in [-0.4, -0.2) is 26.1 Å². The highest BCUT2D eigenvalue weighted by Crippen LogP contribution is 2.37. The summed E-state index contributed by atoms with van der Waals surface area (Å²) in [6.45, 7) is 0. The van der Waals surface area contributed by atoms with Gasteiger partial charge in [0.05, 0.1) is 4.21 Å². The number of hydrogen-bond acceptors (Lipinski definition) is 6. The molecule has 0 unspecified atom stereocenters. The zero-order valence-electron chi connectivity index (χ0n) is 11.3. The second kappa shape index (κ2) is 6.59. The number of H-pyrrole nitrogens is 1. The fourth-order valence-electron chi connectivity index (χ4n) is 1.75. The normalized spacial score (nSPS) is 11.5. The summed E-state index contributed by atoms with van der Waals surface area (Å²) < 4.78 is 0.922. The number of aliphatic hydroxyl groups excluding tert-OH is 1. The molecule has 0 radical (unpaired) electrons. The van der Waals surface area contributed by atoms with Gasteiger partial charge in [-0.2, -0.15) is 5.10 Å². The molecule has 0 atom stereocenters. The summed E-state index contributed by atoms with van der Waals surface area (Å²) in [5, 5.41) is 18.2. The summed E-state index contributed by atoms with van der Waals surface area (Å²) in [6, 6.07) is 11.6. The van der Waals surface area contributed by atoms with E-state index in [1.54, 1.807) is 17.8 Å². The second-order valence-electron chi connectivity index (χ2n) is 4.26. The van der Waals surface area contributed by atoms with Gasteiger partial charge in [0.25, 0.3) is 0 Å². The van der Waals surface area contributed by atoms with Crippen molar-refractivity contribution >= 4 is 34.6 Å². The zero-order valence-corrected chi connectivity index (χ0v) is 12.9. The van der Waals surface area contributed by atoms with Gasteiger partial charge in [0.1, 0.15) is 12.1 Å². The second-order valence-corrected chi connectivity index (χ2v) is 6.52. The van der Waals surface area contributed by atoms with E-state index in [-0.39, 0.29) is 11.6 Å². The van der Waals surface area contributed by atoms with E-state index in [0.717, 1.165) is 15.2 Å². The van der Waals surface area contributed by atoms with Gasteiger partial charge in [0.2, 0.25) is 5.78 Å². The van der Waals surface area contributed by atoms with Crippen LogP contribution >= 0.6 is 23.1 Å². The molecule has 0 spiro atoms. The summed E-state index contributed by atoms with van der Waals surface area (Å²) in [6.07, 6.45) is 2.40. The van der Waals surface area contributed by atoms with Crippen LogP contribution in [0.25, 0.3) is 5.76 Å². The van der Waals surface area contributed by atoms with Crippen LogP contribution in [0.2, 0.25) is 0 Å². The number of aromatic amines is 1. The first-order valence-corrected chi connectivity index (χ1v) is 8.05. The quantitative estimate of drug-likeness (QED) is 0.423. The van der Waals surface area contributed by atoms with Crippen LogP contribution in [0.1, 0.15) is 16.2 Å². The summed E-state index contributed by atoms with van der Waals surface area (Å²) >= 11 is 3.06. The molecular weight excluding hydrogens is 318 g/mol.